The van der Waals surface area contributed by atoms with Gasteiger partial charge in [-0.1, -0.05) is 18.2 Å². The second-order valence-corrected chi connectivity index (χ2v) is 9.38. The van der Waals surface area contributed by atoms with E-state index < -0.39 is 23.8 Å². The molecule has 1 aromatic heterocycles. The lowest BCUT2D eigenvalue weighted by Gasteiger charge is -2.35. The quantitative estimate of drug-likeness (QED) is 0.494. The summed E-state index contributed by atoms with van der Waals surface area (Å²) in [5.74, 6) is -0.818. The number of benzene rings is 2. The molecule has 2 N–H and O–H groups in total. The molecule has 1 amide bonds. The van der Waals surface area contributed by atoms with Gasteiger partial charge in [-0.2, -0.15) is 10.2 Å². The number of hydrogen-bond acceptors (Lipinski definition) is 6. The Balaban J connectivity index is 1.31. The number of anilines is 2. The van der Waals surface area contributed by atoms with Crippen LogP contribution in [0.3, 0.4) is 0 Å². The molecule has 0 spiro atoms. The standard InChI is InChI=1S/C26H28F3N5O2/c1-15(19-3-2-4-20(24(19)27)25(28)29)31-23-12-30-33-22-6-5-18(11-21(22)23)34-9-7-16(8-10-34)26(35)32-17-13-36-14-17/h2-6,11-12,15-17,25H,7-10,13-14H2,1H3,(H,31,33)(H,32,35)/t15-/m1/s1. The topological polar surface area (TPSA) is 79.4 Å². The van der Waals surface area contributed by atoms with Crippen LogP contribution in [0.15, 0.2) is 42.6 Å². The minimum atomic E-state index is -2.88. The summed E-state index contributed by atoms with van der Waals surface area (Å²) in [7, 11) is 0. The van der Waals surface area contributed by atoms with Crippen molar-refractivity contribution >= 4 is 28.2 Å². The number of carbonyl (C=O) groups is 1. The monoisotopic (exact) mass is 499 g/mol. The Hall–Kier alpha value is -3.40. The SMILES string of the molecule is C[C@@H](Nc1cnnc2ccc(N3CCC(C(=O)NC4COC4)CC3)cc12)c1cccc(C(F)F)c1F. The van der Waals surface area contributed by atoms with Gasteiger partial charge in [0.15, 0.2) is 0 Å². The molecule has 2 aromatic carbocycles. The second kappa shape index (κ2) is 10.3. The largest absolute Gasteiger partial charge is 0.377 e. The Morgan fingerprint density at radius 1 is 1.14 bits per heavy atom. The number of ether oxygens (including phenoxy) is 1. The predicted octanol–water partition coefficient (Wildman–Crippen LogP) is 4.61. The molecule has 10 heteroatoms. The number of alkyl halides is 2. The molecule has 2 aliphatic heterocycles. The third kappa shape index (κ3) is 4.95. The summed E-state index contributed by atoms with van der Waals surface area (Å²) in [6, 6.07) is 9.44. The van der Waals surface area contributed by atoms with Crippen LogP contribution in [0.25, 0.3) is 10.9 Å². The number of fused-ring (bicyclic) bond motifs is 1. The molecule has 5 rings (SSSR count). The first-order chi connectivity index (χ1) is 17.4. The third-order valence-corrected chi connectivity index (χ3v) is 6.97. The summed E-state index contributed by atoms with van der Waals surface area (Å²) in [5, 5.41) is 15.3. The summed E-state index contributed by atoms with van der Waals surface area (Å²) in [6.07, 6.45) is 0.186. The fraction of sp³-hybridized carbons (Fsp3) is 0.423. The van der Waals surface area contributed by atoms with Crippen molar-refractivity contribution in [1.29, 1.82) is 0 Å². The molecule has 3 heterocycles. The summed E-state index contributed by atoms with van der Waals surface area (Å²) in [5.41, 5.74) is 1.83. The van der Waals surface area contributed by atoms with Crippen LogP contribution in [0, 0.1) is 11.7 Å². The first-order valence-electron chi connectivity index (χ1n) is 12.1. The highest BCUT2D eigenvalue weighted by atomic mass is 19.3. The van der Waals surface area contributed by atoms with Crippen LogP contribution in [0.5, 0.6) is 0 Å². The van der Waals surface area contributed by atoms with Crippen molar-refractivity contribution in [2.45, 2.75) is 38.3 Å². The molecule has 7 nitrogen and oxygen atoms in total. The number of nitrogens with one attached hydrogen (secondary N) is 2. The van der Waals surface area contributed by atoms with Gasteiger partial charge in [-0.05, 0) is 38.0 Å². The minimum Gasteiger partial charge on any atom is -0.377 e. The van der Waals surface area contributed by atoms with E-state index in [-0.39, 0.29) is 23.4 Å². The van der Waals surface area contributed by atoms with Crippen molar-refractivity contribution in [3.05, 3.63) is 59.5 Å². The molecular weight excluding hydrogens is 471 g/mol. The molecule has 2 fully saturated rings. The predicted molar refractivity (Wildman–Crippen MR) is 131 cm³/mol. The molecular formula is C26H28F3N5O2. The highest BCUT2D eigenvalue weighted by molar-refractivity contribution is 5.93. The molecule has 0 radical (unpaired) electrons. The van der Waals surface area contributed by atoms with Crippen LogP contribution in [-0.4, -0.2) is 48.4 Å². The maximum Gasteiger partial charge on any atom is 0.266 e. The van der Waals surface area contributed by atoms with Crippen LogP contribution in [0.1, 0.15) is 43.4 Å². The number of aromatic nitrogens is 2. The molecule has 0 aliphatic carbocycles. The average molecular weight is 500 g/mol. The molecule has 3 aromatic rings. The molecule has 190 valence electrons. The zero-order chi connectivity index (χ0) is 25.2. The van der Waals surface area contributed by atoms with E-state index in [1.165, 1.54) is 12.1 Å². The van der Waals surface area contributed by atoms with Crippen molar-refractivity contribution in [3.8, 4) is 0 Å². The Bertz CT molecular complexity index is 1250. The van der Waals surface area contributed by atoms with E-state index in [1.807, 2.05) is 18.2 Å². The van der Waals surface area contributed by atoms with Gasteiger partial charge in [0.05, 0.1) is 48.3 Å². The van der Waals surface area contributed by atoms with Crippen LogP contribution in [0.2, 0.25) is 0 Å². The van der Waals surface area contributed by atoms with Crippen molar-refractivity contribution in [2.75, 3.05) is 36.5 Å². The molecule has 0 unspecified atom stereocenters. The van der Waals surface area contributed by atoms with Crippen LogP contribution < -0.4 is 15.5 Å². The first-order valence-corrected chi connectivity index (χ1v) is 12.1. The average Bonchev–Trinajstić information content (AvgIpc) is 2.86. The van der Waals surface area contributed by atoms with E-state index in [4.69, 9.17) is 4.74 Å². The van der Waals surface area contributed by atoms with Gasteiger partial charge in [-0.3, -0.25) is 4.79 Å². The van der Waals surface area contributed by atoms with Gasteiger partial charge in [-0.15, -0.1) is 0 Å². The van der Waals surface area contributed by atoms with Crippen LogP contribution >= 0.6 is 0 Å². The number of amides is 1. The van der Waals surface area contributed by atoms with Crippen molar-refractivity contribution in [3.63, 3.8) is 0 Å². The molecule has 1 atom stereocenters. The molecule has 0 saturated carbocycles. The minimum absolute atomic E-state index is 0.00912. The van der Waals surface area contributed by atoms with Gasteiger partial charge >= 0.3 is 0 Å². The van der Waals surface area contributed by atoms with E-state index in [2.05, 4.69) is 25.7 Å². The number of rotatable bonds is 7. The molecule has 36 heavy (non-hydrogen) atoms. The van der Waals surface area contributed by atoms with E-state index in [0.29, 0.717) is 24.4 Å². The van der Waals surface area contributed by atoms with E-state index in [9.17, 15) is 18.0 Å². The van der Waals surface area contributed by atoms with Gasteiger partial charge in [0.25, 0.3) is 6.43 Å². The Labute approximate surface area is 207 Å². The van der Waals surface area contributed by atoms with Crippen LogP contribution in [-0.2, 0) is 9.53 Å². The zero-order valence-electron chi connectivity index (χ0n) is 19.9. The summed E-state index contributed by atoms with van der Waals surface area (Å²) >= 11 is 0. The fourth-order valence-corrected chi connectivity index (χ4v) is 4.78. The lowest BCUT2D eigenvalue weighted by atomic mass is 9.95. The number of hydrogen-bond donors (Lipinski definition) is 2. The summed E-state index contributed by atoms with van der Waals surface area (Å²) in [6.45, 7) is 4.38. The first kappa shape index (κ1) is 24.3. The summed E-state index contributed by atoms with van der Waals surface area (Å²) in [4.78, 5) is 14.7. The highest BCUT2D eigenvalue weighted by Crippen LogP contribution is 2.33. The number of piperidine rings is 1. The van der Waals surface area contributed by atoms with E-state index in [0.717, 1.165) is 43.1 Å². The van der Waals surface area contributed by atoms with Crippen molar-refractivity contribution in [1.82, 2.24) is 15.5 Å². The Morgan fingerprint density at radius 3 is 2.58 bits per heavy atom. The molecule has 0 bridgehead atoms. The molecule has 2 aliphatic rings. The molecule has 2 saturated heterocycles. The number of carbonyl (C=O) groups excluding carboxylic acids is 1. The van der Waals surface area contributed by atoms with Crippen molar-refractivity contribution in [2.24, 2.45) is 5.92 Å². The smallest absolute Gasteiger partial charge is 0.266 e. The van der Waals surface area contributed by atoms with Gasteiger partial charge in [-0.25, -0.2) is 13.2 Å². The third-order valence-electron chi connectivity index (χ3n) is 6.97. The highest BCUT2D eigenvalue weighted by Gasteiger charge is 2.29. The Kier molecular flexibility index (Phi) is 6.95. The maximum atomic E-state index is 14.7. The Morgan fingerprint density at radius 2 is 1.89 bits per heavy atom. The lowest BCUT2D eigenvalue weighted by molar-refractivity contribution is -0.129. The van der Waals surface area contributed by atoms with E-state index in [1.54, 1.807) is 13.1 Å². The summed E-state index contributed by atoms with van der Waals surface area (Å²) < 4.78 is 46.1. The number of nitrogens with zero attached hydrogens (tertiary/aromatic N) is 3. The second-order valence-electron chi connectivity index (χ2n) is 9.38. The van der Waals surface area contributed by atoms with E-state index >= 15 is 0 Å². The van der Waals surface area contributed by atoms with Crippen LogP contribution in [0.4, 0.5) is 24.5 Å². The number of halogens is 3. The van der Waals surface area contributed by atoms with Gasteiger partial charge in [0.1, 0.15) is 5.82 Å². The van der Waals surface area contributed by atoms with Gasteiger partial charge in [0, 0.05) is 35.6 Å². The fourth-order valence-electron chi connectivity index (χ4n) is 4.78. The normalized spacial score (nSPS) is 17.8. The lowest BCUT2D eigenvalue weighted by Crippen LogP contribution is -2.51. The van der Waals surface area contributed by atoms with Crippen molar-refractivity contribution < 1.29 is 22.7 Å². The zero-order valence-corrected chi connectivity index (χ0v) is 19.9. The van der Waals surface area contributed by atoms with Gasteiger partial charge < -0.3 is 20.3 Å². The van der Waals surface area contributed by atoms with Gasteiger partial charge in [0.2, 0.25) is 5.91 Å². The maximum absolute atomic E-state index is 14.7.